The summed E-state index contributed by atoms with van der Waals surface area (Å²) in [6.45, 7) is 3.40. The molecule has 1 N–H and O–H groups in total. The molecule has 31 heavy (non-hydrogen) atoms. The third-order valence-electron chi connectivity index (χ3n) is 6.13. The van der Waals surface area contributed by atoms with Gasteiger partial charge in [-0.3, -0.25) is 14.4 Å². The normalized spacial score (nSPS) is 18.7. The Morgan fingerprint density at radius 2 is 2.06 bits per heavy atom. The Morgan fingerprint density at radius 1 is 1.19 bits per heavy atom. The number of nitrogens with zero attached hydrogens (tertiary/aromatic N) is 3. The van der Waals surface area contributed by atoms with E-state index in [0.29, 0.717) is 6.61 Å². The van der Waals surface area contributed by atoms with Crippen LogP contribution in [0, 0.1) is 0 Å². The Hall–Kier alpha value is -2.96. The van der Waals surface area contributed by atoms with Crippen LogP contribution in [-0.4, -0.2) is 39.8 Å². The van der Waals surface area contributed by atoms with Gasteiger partial charge in [0.15, 0.2) is 0 Å². The van der Waals surface area contributed by atoms with E-state index < -0.39 is 0 Å². The Morgan fingerprint density at radius 3 is 2.87 bits per heavy atom. The third kappa shape index (κ3) is 4.40. The van der Waals surface area contributed by atoms with Crippen molar-refractivity contribution in [2.24, 2.45) is 7.05 Å². The number of benzene rings is 2. The fraction of sp³-hybridized carbons (Fsp3) is 0.360. The molecular formula is C25H28N4O2. The summed E-state index contributed by atoms with van der Waals surface area (Å²) in [7, 11) is 1.98. The maximum absolute atomic E-state index is 12.4. The zero-order valence-electron chi connectivity index (χ0n) is 17.9. The van der Waals surface area contributed by atoms with Crippen LogP contribution in [0.5, 0.6) is 0 Å². The zero-order chi connectivity index (χ0) is 21.2. The Balaban J connectivity index is 1.30. The predicted molar refractivity (Wildman–Crippen MR) is 121 cm³/mol. The molecule has 0 aliphatic carbocycles. The van der Waals surface area contributed by atoms with Crippen molar-refractivity contribution in [3.05, 3.63) is 71.4 Å². The smallest absolute Gasteiger partial charge is 0.253 e. The maximum Gasteiger partial charge on any atom is 0.253 e. The second-order valence-electron chi connectivity index (χ2n) is 8.48. The van der Waals surface area contributed by atoms with Gasteiger partial charge in [0, 0.05) is 56.3 Å². The van der Waals surface area contributed by atoms with Crippen LogP contribution in [0.25, 0.3) is 11.3 Å². The average molecular weight is 417 g/mol. The molecule has 0 radical (unpaired) electrons. The number of fused-ring (bicyclic) bond motifs is 1. The van der Waals surface area contributed by atoms with Gasteiger partial charge in [-0.05, 0) is 42.5 Å². The van der Waals surface area contributed by atoms with E-state index in [9.17, 15) is 4.79 Å². The van der Waals surface area contributed by atoms with Gasteiger partial charge in [0.1, 0.15) is 6.10 Å². The van der Waals surface area contributed by atoms with Crippen LogP contribution in [0.15, 0.2) is 54.7 Å². The minimum atomic E-state index is -0.311. The fourth-order valence-electron chi connectivity index (χ4n) is 4.57. The number of hydrogen-bond acceptors (Lipinski definition) is 4. The lowest BCUT2D eigenvalue weighted by atomic mass is 9.98. The maximum atomic E-state index is 12.4. The molecule has 6 heteroatoms. The molecule has 160 valence electrons. The highest BCUT2D eigenvalue weighted by Crippen LogP contribution is 2.27. The Kier molecular flexibility index (Phi) is 5.57. The minimum Gasteiger partial charge on any atom is -0.368 e. The Bertz CT molecular complexity index is 1070. The summed E-state index contributed by atoms with van der Waals surface area (Å²) in [6.07, 6.45) is 4.58. The molecule has 0 saturated carbocycles. The van der Waals surface area contributed by atoms with Crippen molar-refractivity contribution >= 4 is 11.6 Å². The predicted octanol–water partition coefficient (Wildman–Crippen LogP) is 3.76. The molecule has 1 fully saturated rings. The van der Waals surface area contributed by atoms with Crippen LogP contribution in [0.2, 0.25) is 0 Å². The summed E-state index contributed by atoms with van der Waals surface area (Å²) < 4.78 is 7.40. The molecule has 5 rings (SSSR count). The highest BCUT2D eigenvalue weighted by atomic mass is 16.5. The first kappa shape index (κ1) is 20.0. The van der Waals surface area contributed by atoms with E-state index in [-0.39, 0.29) is 12.0 Å². The first-order valence-corrected chi connectivity index (χ1v) is 11.0. The summed E-state index contributed by atoms with van der Waals surface area (Å²) in [6, 6.07) is 16.6. The third-order valence-corrected chi connectivity index (χ3v) is 6.13. The number of anilines is 1. The van der Waals surface area contributed by atoms with Gasteiger partial charge in [-0.25, -0.2) is 0 Å². The van der Waals surface area contributed by atoms with Crippen molar-refractivity contribution in [2.75, 3.05) is 18.5 Å². The van der Waals surface area contributed by atoms with Crippen LogP contribution in [-0.2, 0) is 36.1 Å². The van der Waals surface area contributed by atoms with E-state index in [1.807, 2.05) is 23.9 Å². The molecule has 0 spiro atoms. The van der Waals surface area contributed by atoms with Crippen molar-refractivity contribution in [1.29, 1.82) is 0 Å². The standard InChI is InChI=1S/C25H28N4O2/c1-28-15-21(24(27-28)19-6-3-2-4-7-19)17-29-12-11-18-9-10-22(14-20(18)16-29)26-25(30)23-8-5-13-31-23/h2-4,6-7,9-10,14-15,23H,5,8,11-13,16-17H2,1H3,(H,26,30). The molecule has 0 bridgehead atoms. The molecule has 2 aliphatic rings. The lowest BCUT2D eigenvalue weighted by molar-refractivity contribution is -0.124. The highest BCUT2D eigenvalue weighted by molar-refractivity contribution is 5.94. The molecule has 6 nitrogen and oxygen atoms in total. The molecule has 3 heterocycles. The average Bonchev–Trinajstić information content (AvgIpc) is 3.44. The number of nitrogens with one attached hydrogen (secondary N) is 1. The van der Waals surface area contributed by atoms with Gasteiger partial charge in [-0.15, -0.1) is 0 Å². The van der Waals surface area contributed by atoms with Gasteiger partial charge in [0.05, 0.1) is 5.69 Å². The summed E-state index contributed by atoms with van der Waals surface area (Å²) in [4.78, 5) is 14.9. The number of carbonyl (C=O) groups excluding carboxylic acids is 1. The lowest BCUT2D eigenvalue weighted by Crippen LogP contribution is -2.30. The molecule has 1 aromatic heterocycles. The molecule has 2 aromatic carbocycles. The van der Waals surface area contributed by atoms with Gasteiger partial charge in [0.25, 0.3) is 5.91 Å². The molecule has 3 aromatic rings. The summed E-state index contributed by atoms with van der Waals surface area (Å²) in [5.41, 5.74) is 6.93. The number of amides is 1. The zero-order valence-corrected chi connectivity index (χ0v) is 17.9. The number of carbonyl (C=O) groups is 1. The fourth-order valence-corrected chi connectivity index (χ4v) is 4.57. The van der Waals surface area contributed by atoms with E-state index in [4.69, 9.17) is 9.84 Å². The first-order valence-electron chi connectivity index (χ1n) is 11.0. The Labute approximate surface area is 182 Å². The van der Waals surface area contributed by atoms with Crippen molar-refractivity contribution < 1.29 is 9.53 Å². The molecular weight excluding hydrogens is 388 g/mol. The SMILES string of the molecule is Cn1cc(CN2CCc3ccc(NC(=O)C4CCCO4)cc3C2)c(-c2ccccc2)n1. The van der Waals surface area contributed by atoms with E-state index in [1.54, 1.807) is 0 Å². The largest absolute Gasteiger partial charge is 0.368 e. The number of rotatable bonds is 5. The molecule has 1 atom stereocenters. The van der Waals surface area contributed by atoms with Crippen molar-refractivity contribution in [2.45, 2.75) is 38.5 Å². The van der Waals surface area contributed by atoms with E-state index in [1.165, 1.54) is 16.7 Å². The van der Waals surface area contributed by atoms with Crippen molar-refractivity contribution in [1.82, 2.24) is 14.7 Å². The van der Waals surface area contributed by atoms with Gasteiger partial charge < -0.3 is 10.1 Å². The van der Waals surface area contributed by atoms with Crippen LogP contribution in [0.1, 0.15) is 29.5 Å². The monoisotopic (exact) mass is 416 g/mol. The van der Waals surface area contributed by atoms with Crippen molar-refractivity contribution in [3.8, 4) is 11.3 Å². The van der Waals surface area contributed by atoms with E-state index >= 15 is 0 Å². The number of hydrogen-bond donors (Lipinski definition) is 1. The van der Waals surface area contributed by atoms with Crippen LogP contribution in [0.3, 0.4) is 0 Å². The first-order chi connectivity index (χ1) is 15.2. The second-order valence-corrected chi connectivity index (χ2v) is 8.48. The van der Waals surface area contributed by atoms with Gasteiger partial charge in [-0.1, -0.05) is 36.4 Å². The second kappa shape index (κ2) is 8.65. The summed E-state index contributed by atoms with van der Waals surface area (Å²) in [5, 5.41) is 7.74. The summed E-state index contributed by atoms with van der Waals surface area (Å²) >= 11 is 0. The van der Waals surface area contributed by atoms with Crippen LogP contribution < -0.4 is 5.32 Å². The van der Waals surface area contributed by atoms with Crippen LogP contribution in [0.4, 0.5) is 5.69 Å². The molecule has 1 unspecified atom stereocenters. The van der Waals surface area contributed by atoms with Crippen molar-refractivity contribution in [3.63, 3.8) is 0 Å². The van der Waals surface area contributed by atoms with Gasteiger partial charge >= 0.3 is 0 Å². The van der Waals surface area contributed by atoms with E-state index in [2.05, 4.69) is 52.8 Å². The lowest BCUT2D eigenvalue weighted by Gasteiger charge is -2.29. The van der Waals surface area contributed by atoms with Gasteiger partial charge in [-0.2, -0.15) is 5.10 Å². The number of aromatic nitrogens is 2. The molecule has 1 saturated heterocycles. The molecule has 1 amide bonds. The summed E-state index contributed by atoms with van der Waals surface area (Å²) in [5.74, 6) is -0.0343. The van der Waals surface area contributed by atoms with Crippen LogP contribution >= 0.6 is 0 Å². The van der Waals surface area contributed by atoms with E-state index in [0.717, 1.165) is 55.8 Å². The molecule has 2 aliphatic heterocycles. The number of aryl methyl sites for hydroxylation is 1. The highest BCUT2D eigenvalue weighted by Gasteiger charge is 2.24. The minimum absolute atomic E-state index is 0.0343. The number of ether oxygens (including phenoxy) is 1. The quantitative estimate of drug-likeness (QED) is 0.688. The topological polar surface area (TPSA) is 59.4 Å². The van der Waals surface area contributed by atoms with Gasteiger partial charge in [0.2, 0.25) is 0 Å².